The molecule has 27 heavy (non-hydrogen) atoms. The molecule has 0 radical (unpaired) electrons. The molecule has 0 unspecified atom stereocenters. The molecule has 2 atom stereocenters. The standard InChI is InChI=1S/C21H15Br2N3O/c22-15-10-16-19-12-18(13-4-2-1-3-5-13)25-26(19)21(14-6-8-24-9-7-14)27-20(16)17(23)11-15/h1-11,19,21H,12H2/t19-,21+/m0/s1. The maximum absolute atomic E-state index is 6.43. The number of benzene rings is 2. The minimum Gasteiger partial charge on any atom is -0.463 e. The minimum absolute atomic E-state index is 0.121. The maximum atomic E-state index is 6.43. The highest BCUT2D eigenvalue weighted by atomic mass is 79.9. The molecule has 2 aliphatic rings. The summed E-state index contributed by atoms with van der Waals surface area (Å²) in [5, 5.41) is 7.05. The van der Waals surface area contributed by atoms with Crippen LogP contribution in [0.3, 0.4) is 0 Å². The molecule has 134 valence electrons. The first-order valence-electron chi connectivity index (χ1n) is 8.67. The van der Waals surface area contributed by atoms with Crippen LogP contribution in [0.5, 0.6) is 5.75 Å². The zero-order valence-electron chi connectivity index (χ0n) is 14.2. The summed E-state index contributed by atoms with van der Waals surface area (Å²) in [5.41, 5.74) is 4.40. The molecule has 2 aliphatic heterocycles. The van der Waals surface area contributed by atoms with Gasteiger partial charge in [0.15, 0.2) is 0 Å². The van der Waals surface area contributed by atoms with Crippen LogP contribution >= 0.6 is 31.9 Å². The van der Waals surface area contributed by atoms with E-state index in [-0.39, 0.29) is 12.3 Å². The topological polar surface area (TPSA) is 37.7 Å². The van der Waals surface area contributed by atoms with Gasteiger partial charge in [-0.05, 0) is 45.8 Å². The van der Waals surface area contributed by atoms with Crippen molar-refractivity contribution in [3.05, 3.63) is 92.6 Å². The highest BCUT2D eigenvalue weighted by Crippen LogP contribution is 2.50. The molecule has 3 heterocycles. The summed E-state index contributed by atoms with van der Waals surface area (Å²) in [4.78, 5) is 4.14. The van der Waals surface area contributed by atoms with Crippen LogP contribution in [0.1, 0.15) is 35.4 Å². The predicted octanol–water partition coefficient (Wildman–Crippen LogP) is 5.85. The second-order valence-electron chi connectivity index (χ2n) is 6.57. The Morgan fingerprint density at radius 2 is 1.78 bits per heavy atom. The van der Waals surface area contributed by atoms with Crippen LogP contribution in [0.4, 0.5) is 0 Å². The van der Waals surface area contributed by atoms with E-state index >= 15 is 0 Å². The molecular formula is C21H15Br2N3O. The molecule has 0 saturated carbocycles. The van der Waals surface area contributed by atoms with Crippen molar-refractivity contribution in [2.45, 2.75) is 18.7 Å². The molecule has 3 aromatic rings. The highest BCUT2D eigenvalue weighted by molar-refractivity contribution is 9.11. The molecule has 6 heteroatoms. The Hall–Kier alpha value is -2.18. The summed E-state index contributed by atoms with van der Waals surface area (Å²) < 4.78 is 8.39. The molecule has 2 aromatic carbocycles. The molecule has 5 rings (SSSR count). The number of hydrogen-bond acceptors (Lipinski definition) is 4. The van der Waals surface area contributed by atoms with Gasteiger partial charge in [-0.2, -0.15) is 5.10 Å². The zero-order valence-corrected chi connectivity index (χ0v) is 17.4. The summed E-state index contributed by atoms with van der Waals surface area (Å²) >= 11 is 7.28. The Morgan fingerprint density at radius 3 is 2.56 bits per heavy atom. The number of nitrogens with zero attached hydrogens (tertiary/aromatic N) is 3. The van der Waals surface area contributed by atoms with Crippen molar-refractivity contribution in [1.29, 1.82) is 0 Å². The Balaban J connectivity index is 1.64. The van der Waals surface area contributed by atoms with Gasteiger partial charge in [0.1, 0.15) is 5.75 Å². The van der Waals surface area contributed by atoms with Gasteiger partial charge >= 0.3 is 0 Å². The van der Waals surface area contributed by atoms with Gasteiger partial charge < -0.3 is 4.74 Å². The van der Waals surface area contributed by atoms with Gasteiger partial charge in [-0.15, -0.1) is 0 Å². The summed E-state index contributed by atoms with van der Waals surface area (Å²) in [6, 6.07) is 18.6. The molecular weight excluding hydrogens is 470 g/mol. The van der Waals surface area contributed by atoms with E-state index in [0.29, 0.717) is 0 Å². The Kier molecular flexibility index (Phi) is 4.25. The largest absolute Gasteiger partial charge is 0.463 e. The van der Waals surface area contributed by atoms with Crippen molar-refractivity contribution < 1.29 is 4.74 Å². The number of halogens is 2. The second-order valence-corrected chi connectivity index (χ2v) is 8.34. The first-order chi connectivity index (χ1) is 13.2. The van der Waals surface area contributed by atoms with Crippen LogP contribution in [-0.4, -0.2) is 15.7 Å². The van der Waals surface area contributed by atoms with Crippen LogP contribution in [0.2, 0.25) is 0 Å². The van der Waals surface area contributed by atoms with Crippen molar-refractivity contribution in [2.75, 3.05) is 0 Å². The van der Waals surface area contributed by atoms with Crippen LogP contribution in [0.15, 0.2) is 81.0 Å². The predicted molar refractivity (Wildman–Crippen MR) is 112 cm³/mol. The fourth-order valence-electron chi connectivity index (χ4n) is 3.67. The summed E-state index contributed by atoms with van der Waals surface area (Å²) in [7, 11) is 0. The fraction of sp³-hybridized carbons (Fsp3) is 0.143. The van der Waals surface area contributed by atoms with Gasteiger partial charge in [-0.1, -0.05) is 46.3 Å². The molecule has 0 saturated heterocycles. The van der Waals surface area contributed by atoms with Gasteiger partial charge in [-0.3, -0.25) is 4.98 Å². The number of pyridine rings is 1. The summed E-state index contributed by atoms with van der Waals surface area (Å²) in [6.07, 6.45) is 4.13. The average molecular weight is 485 g/mol. The highest BCUT2D eigenvalue weighted by Gasteiger charge is 2.41. The number of hydrazone groups is 1. The van der Waals surface area contributed by atoms with Crippen molar-refractivity contribution in [1.82, 2.24) is 9.99 Å². The molecule has 1 aromatic heterocycles. The molecule has 0 amide bonds. The van der Waals surface area contributed by atoms with Gasteiger partial charge in [0.2, 0.25) is 6.23 Å². The normalized spacial score (nSPS) is 20.5. The number of ether oxygens (including phenoxy) is 1. The van der Waals surface area contributed by atoms with E-state index in [9.17, 15) is 0 Å². The zero-order chi connectivity index (χ0) is 18.4. The lowest BCUT2D eigenvalue weighted by Crippen LogP contribution is -2.33. The van der Waals surface area contributed by atoms with E-state index in [2.05, 4.69) is 60.1 Å². The van der Waals surface area contributed by atoms with Crippen molar-refractivity contribution in [3.8, 4) is 5.75 Å². The molecule has 0 aliphatic carbocycles. The second kappa shape index (κ2) is 6.77. The lowest BCUT2D eigenvalue weighted by Gasteiger charge is -2.38. The number of rotatable bonds is 2. The molecule has 0 fully saturated rings. The van der Waals surface area contributed by atoms with Gasteiger partial charge in [0.25, 0.3) is 0 Å². The van der Waals surface area contributed by atoms with E-state index in [1.165, 1.54) is 0 Å². The molecule has 0 bridgehead atoms. The van der Waals surface area contributed by atoms with Crippen molar-refractivity contribution >= 4 is 37.6 Å². The van der Waals surface area contributed by atoms with Gasteiger partial charge in [0.05, 0.1) is 16.2 Å². The quantitative estimate of drug-likeness (QED) is 0.458. The first-order valence-corrected chi connectivity index (χ1v) is 10.3. The lowest BCUT2D eigenvalue weighted by atomic mass is 9.96. The lowest BCUT2D eigenvalue weighted by molar-refractivity contribution is -0.0197. The first kappa shape index (κ1) is 17.0. The monoisotopic (exact) mass is 483 g/mol. The fourth-order valence-corrected chi connectivity index (χ4v) is 5.02. The Bertz CT molecular complexity index is 1020. The van der Waals surface area contributed by atoms with Crippen LogP contribution in [0, 0.1) is 0 Å². The van der Waals surface area contributed by atoms with E-state index in [1.54, 1.807) is 12.4 Å². The minimum atomic E-state index is -0.288. The number of fused-ring (bicyclic) bond motifs is 3. The molecule has 4 nitrogen and oxygen atoms in total. The van der Waals surface area contributed by atoms with Crippen molar-refractivity contribution in [3.63, 3.8) is 0 Å². The van der Waals surface area contributed by atoms with Crippen LogP contribution in [0.25, 0.3) is 0 Å². The molecule has 0 spiro atoms. The smallest absolute Gasteiger partial charge is 0.214 e. The molecule has 0 N–H and O–H groups in total. The third-order valence-corrected chi connectivity index (χ3v) is 5.95. The third-order valence-electron chi connectivity index (χ3n) is 4.91. The Labute approximate surface area is 174 Å². The number of hydrogen-bond donors (Lipinski definition) is 0. The van der Waals surface area contributed by atoms with Gasteiger partial charge in [-0.25, -0.2) is 5.01 Å². The van der Waals surface area contributed by atoms with E-state index < -0.39 is 0 Å². The van der Waals surface area contributed by atoms with Crippen LogP contribution < -0.4 is 4.74 Å². The SMILES string of the molecule is Brc1cc(Br)c2c(c1)[C@@H]1CC(c3ccccc3)=NN1[C@@H](c1ccncc1)O2. The average Bonchev–Trinajstić information content (AvgIpc) is 3.15. The van der Waals surface area contributed by atoms with E-state index in [0.717, 1.165) is 43.5 Å². The van der Waals surface area contributed by atoms with Gasteiger partial charge in [0, 0.05) is 34.4 Å². The van der Waals surface area contributed by atoms with Crippen molar-refractivity contribution in [2.24, 2.45) is 5.10 Å². The number of aromatic nitrogens is 1. The third kappa shape index (κ3) is 2.97. The summed E-state index contributed by atoms with van der Waals surface area (Å²) in [6.45, 7) is 0. The van der Waals surface area contributed by atoms with E-state index in [4.69, 9.17) is 9.84 Å². The Morgan fingerprint density at radius 1 is 1.00 bits per heavy atom. The van der Waals surface area contributed by atoms with E-state index in [1.807, 2.05) is 36.4 Å². The summed E-state index contributed by atoms with van der Waals surface area (Å²) in [5.74, 6) is 0.880. The van der Waals surface area contributed by atoms with Crippen LogP contribution in [-0.2, 0) is 0 Å². The maximum Gasteiger partial charge on any atom is 0.214 e.